The van der Waals surface area contributed by atoms with Gasteiger partial charge in [0.05, 0.1) is 19.0 Å². The number of aromatic nitrogens is 2. The van der Waals surface area contributed by atoms with Gasteiger partial charge in [0.25, 0.3) is 0 Å². The Labute approximate surface area is 120 Å². The Kier molecular flexibility index (Phi) is 5.62. The van der Waals surface area contributed by atoms with E-state index in [0.717, 1.165) is 25.0 Å². The van der Waals surface area contributed by atoms with Gasteiger partial charge in [-0.2, -0.15) is 0 Å². The second kappa shape index (κ2) is 7.70. The van der Waals surface area contributed by atoms with Gasteiger partial charge in [-0.3, -0.25) is 0 Å². The molecule has 1 N–H and O–H groups in total. The van der Waals surface area contributed by atoms with Crippen molar-refractivity contribution in [1.82, 2.24) is 9.55 Å². The highest BCUT2D eigenvalue weighted by Crippen LogP contribution is 2.14. The molecule has 1 heterocycles. The molecule has 2 aromatic rings. The zero-order chi connectivity index (χ0) is 14.2. The maximum atomic E-state index is 9.94. The summed E-state index contributed by atoms with van der Waals surface area (Å²) in [6, 6.07) is 8.18. The summed E-state index contributed by atoms with van der Waals surface area (Å²) in [7, 11) is 0. The lowest BCUT2D eigenvalue weighted by Gasteiger charge is -2.11. The van der Waals surface area contributed by atoms with E-state index in [1.54, 1.807) is 12.5 Å². The summed E-state index contributed by atoms with van der Waals surface area (Å²) in [5.74, 6) is 0.913. The van der Waals surface area contributed by atoms with E-state index in [1.807, 2.05) is 29.8 Å². The zero-order valence-electron chi connectivity index (χ0n) is 11.9. The molecule has 1 aromatic heterocycles. The summed E-state index contributed by atoms with van der Waals surface area (Å²) in [4.78, 5) is 3.97. The first-order chi connectivity index (χ1) is 9.78. The number of rotatable bonds is 8. The summed E-state index contributed by atoms with van der Waals surface area (Å²) in [5, 5.41) is 9.94. The third-order valence-corrected chi connectivity index (χ3v) is 3.22. The van der Waals surface area contributed by atoms with Crippen molar-refractivity contribution < 1.29 is 9.84 Å². The summed E-state index contributed by atoms with van der Waals surface area (Å²) >= 11 is 0. The van der Waals surface area contributed by atoms with Crippen molar-refractivity contribution in [3.63, 3.8) is 0 Å². The normalized spacial score (nSPS) is 12.3. The van der Waals surface area contributed by atoms with Crippen molar-refractivity contribution in [3.05, 3.63) is 48.5 Å². The van der Waals surface area contributed by atoms with E-state index < -0.39 is 0 Å². The van der Waals surface area contributed by atoms with Gasteiger partial charge in [-0.1, -0.05) is 12.1 Å². The van der Waals surface area contributed by atoms with Crippen LogP contribution in [0.5, 0.6) is 5.75 Å². The van der Waals surface area contributed by atoms with E-state index in [2.05, 4.69) is 17.1 Å². The number of aliphatic hydroxyl groups is 1. The predicted octanol–water partition coefficient (Wildman–Crippen LogP) is 2.67. The SMILES string of the molecule is CCOc1ccc(CCCC(O)Cn2ccnc2)cc1. The van der Waals surface area contributed by atoms with Crippen LogP contribution in [0.15, 0.2) is 43.0 Å². The van der Waals surface area contributed by atoms with Gasteiger partial charge in [0.15, 0.2) is 0 Å². The van der Waals surface area contributed by atoms with Gasteiger partial charge >= 0.3 is 0 Å². The standard InChI is InChI=1S/C16H22N2O2/c1-2-20-16-8-6-14(7-9-16)4-3-5-15(19)12-18-11-10-17-13-18/h6-11,13,15,19H,2-5,12H2,1H3. The van der Waals surface area contributed by atoms with Crippen LogP contribution in [0.25, 0.3) is 0 Å². The Morgan fingerprint density at radius 3 is 2.75 bits per heavy atom. The van der Waals surface area contributed by atoms with Crippen molar-refractivity contribution in [3.8, 4) is 5.75 Å². The van der Waals surface area contributed by atoms with Gasteiger partial charge in [0, 0.05) is 18.9 Å². The van der Waals surface area contributed by atoms with E-state index in [9.17, 15) is 5.11 Å². The molecule has 20 heavy (non-hydrogen) atoms. The molecule has 2 rings (SSSR count). The monoisotopic (exact) mass is 274 g/mol. The maximum Gasteiger partial charge on any atom is 0.119 e. The Bertz CT molecular complexity index is 480. The minimum Gasteiger partial charge on any atom is -0.494 e. The van der Waals surface area contributed by atoms with Crippen LogP contribution in [-0.4, -0.2) is 27.4 Å². The van der Waals surface area contributed by atoms with Crippen molar-refractivity contribution in [2.24, 2.45) is 0 Å². The zero-order valence-corrected chi connectivity index (χ0v) is 11.9. The molecule has 0 aliphatic heterocycles. The topological polar surface area (TPSA) is 47.3 Å². The Morgan fingerprint density at radius 2 is 2.10 bits per heavy atom. The van der Waals surface area contributed by atoms with Crippen LogP contribution in [0.3, 0.4) is 0 Å². The Morgan fingerprint density at radius 1 is 1.30 bits per heavy atom. The van der Waals surface area contributed by atoms with Gasteiger partial charge < -0.3 is 14.4 Å². The molecular formula is C16H22N2O2. The third-order valence-electron chi connectivity index (χ3n) is 3.22. The molecule has 4 nitrogen and oxygen atoms in total. The summed E-state index contributed by atoms with van der Waals surface area (Å²) in [6.07, 6.45) is 7.77. The molecule has 0 radical (unpaired) electrons. The minimum absolute atomic E-state index is 0.313. The van der Waals surface area contributed by atoms with Gasteiger partial charge in [0.2, 0.25) is 0 Å². The highest BCUT2D eigenvalue weighted by Gasteiger charge is 2.05. The van der Waals surface area contributed by atoms with Crippen molar-refractivity contribution in [1.29, 1.82) is 0 Å². The van der Waals surface area contributed by atoms with Gasteiger partial charge in [-0.05, 0) is 43.9 Å². The molecule has 0 amide bonds. The Hall–Kier alpha value is -1.81. The van der Waals surface area contributed by atoms with Crippen LogP contribution in [0.4, 0.5) is 0 Å². The summed E-state index contributed by atoms with van der Waals surface area (Å²) < 4.78 is 7.32. The first kappa shape index (κ1) is 14.6. The Balaban J connectivity index is 1.69. The molecule has 0 saturated carbocycles. The number of nitrogens with zero attached hydrogens (tertiary/aromatic N) is 2. The molecule has 1 unspecified atom stereocenters. The molecule has 1 aromatic carbocycles. The number of aliphatic hydroxyl groups excluding tert-OH is 1. The summed E-state index contributed by atoms with van der Waals surface area (Å²) in [6.45, 7) is 3.29. The smallest absolute Gasteiger partial charge is 0.119 e. The van der Waals surface area contributed by atoms with E-state index in [4.69, 9.17) is 4.74 Å². The number of ether oxygens (including phenoxy) is 1. The number of hydrogen-bond acceptors (Lipinski definition) is 3. The lowest BCUT2D eigenvalue weighted by molar-refractivity contribution is 0.142. The van der Waals surface area contributed by atoms with Crippen LogP contribution in [-0.2, 0) is 13.0 Å². The molecule has 0 aliphatic carbocycles. The number of imidazole rings is 1. The fourth-order valence-electron chi connectivity index (χ4n) is 2.19. The van der Waals surface area contributed by atoms with Crippen LogP contribution < -0.4 is 4.74 Å². The predicted molar refractivity (Wildman–Crippen MR) is 78.8 cm³/mol. The van der Waals surface area contributed by atoms with Crippen LogP contribution >= 0.6 is 0 Å². The van der Waals surface area contributed by atoms with Gasteiger partial charge in [-0.25, -0.2) is 4.98 Å². The van der Waals surface area contributed by atoms with E-state index in [0.29, 0.717) is 13.2 Å². The highest BCUT2D eigenvalue weighted by atomic mass is 16.5. The fraction of sp³-hybridized carbons (Fsp3) is 0.438. The quantitative estimate of drug-likeness (QED) is 0.805. The van der Waals surface area contributed by atoms with Crippen LogP contribution in [0, 0.1) is 0 Å². The second-order valence-electron chi connectivity index (χ2n) is 4.88. The molecule has 0 fully saturated rings. The van der Waals surface area contributed by atoms with Crippen molar-refractivity contribution in [2.75, 3.05) is 6.61 Å². The van der Waals surface area contributed by atoms with Crippen molar-refractivity contribution >= 4 is 0 Å². The fourth-order valence-corrected chi connectivity index (χ4v) is 2.19. The van der Waals surface area contributed by atoms with Gasteiger partial charge in [0.1, 0.15) is 5.75 Å². The van der Waals surface area contributed by atoms with E-state index in [-0.39, 0.29) is 6.10 Å². The molecule has 0 bridgehead atoms. The average Bonchev–Trinajstić information content (AvgIpc) is 2.94. The third kappa shape index (κ3) is 4.70. The van der Waals surface area contributed by atoms with Crippen LogP contribution in [0.1, 0.15) is 25.3 Å². The molecule has 0 spiro atoms. The maximum absolute atomic E-state index is 9.94. The van der Waals surface area contributed by atoms with Gasteiger partial charge in [-0.15, -0.1) is 0 Å². The first-order valence-electron chi connectivity index (χ1n) is 7.13. The molecule has 1 atom stereocenters. The molecule has 4 heteroatoms. The van der Waals surface area contributed by atoms with E-state index >= 15 is 0 Å². The molecule has 0 saturated heterocycles. The van der Waals surface area contributed by atoms with Crippen LogP contribution in [0.2, 0.25) is 0 Å². The lowest BCUT2D eigenvalue weighted by Crippen LogP contribution is -2.15. The number of benzene rings is 1. The van der Waals surface area contributed by atoms with Crippen molar-refractivity contribution in [2.45, 2.75) is 38.8 Å². The minimum atomic E-state index is -0.313. The number of aryl methyl sites for hydroxylation is 1. The second-order valence-corrected chi connectivity index (χ2v) is 4.88. The summed E-state index contributed by atoms with van der Waals surface area (Å²) in [5.41, 5.74) is 1.28. The largest absolute Gasteiger partial charge is 0.494 e. The highest BCUT2D eigenvalue weighted by molar-refractivity contribution is 5.27. The lowest BCUT2D eigenvalue weighted by atomic mass is 10.1. The molecule has 0 aliphatic rings. The average molecular weight is 274 g/mol. The van der Waals surface area contributed by atoms with E-state index in [1.165, 1.54) is 5.56 Å². The first-order valence-corrected chi connectivity index (χ1v) is 7.13. The molecule has 108 valence electrons. The number of hydrogen-bond donors (Lipinski definition) is 1. The molecular weight excluding hydrogens is 252 g/mol.